The van der Waals surface area contributed by atoms with Crippen LogP contribution >= 0.6 is 0 Å². The van der Waals surface area contributed by atoms with Gasteiger partial charge >= 0.3 is 0 Å². The molecule has 0 amide bonds. The quantitative estimate of drug-likeness (QED) is 0.746. The van der Waals surface area contributed by atoms with E-state index >= 15 is 0 Å². The van der Waals surface area contributed by atoms with Gasteiger partial charge in [0, 0.05) is 12.1 Å². The summed E-state index contributed by atoms with van der Waals surface area (Å²) in [5.41, 5.74) is 5.85. The van der Waals surface area contributed by atoms with Gasteiger partial charge in [-0.3, -0.25) is 0 Å². The predicted octanol–water partition coefficient (Wildman–Crippen LogP) is 3.26. The molecule has 1 unspecified atom stereocenters. The van der Waals surface area contributed by atoms with Crippen LogP contribution in [0.3, 0.4) is 0 Å². The van der Waals surface area contributed by atoms with Crippen LogP contribution in [0.1, 0.15) is 59.8 Å². The van der Waals surface area contributed by atoms with Gasteiger partial charge in [0.05, 0.1) is 0 Å². The van der Waals surface area contributed by atoms with Gasteiger partial charge in [-0.15, -0.1) is 0 Å². The molecule has 1 saturated carbocycles. The Balaban J connectivity index is 0.000000293. The minimum atomic E-state index is 0.278. The van der Waals surface area contributed by atoms with Crippen LogP contribution in [0.5, 0.6) is 0 Å². The topological polar surface area (TPSA) is 29.3 Å². The van der Waals surface area contributed by atoms with Crippen molar-refractivity contribution < 1.29 is 0 Å². The van der Waals surface area contributed by atoms with Crippen LogP contribution < -0.4 is 5.73 Å². The summed E-state index contributed by atoms with van der Waals surface area (Å²) in [6.45, 7) is 8.44. The van der Waals surface area contributed by atoms with Crippen LogP contribution in [0.4, 0.5) is 0 Å². The number of hydrogen-bond donors (Lipinski definition) is 1. The second-order valence-electron chi connectivity index (χ2n) is 6.41. The third-order valence-corrected chi connectivity index (χ3v) is 3.67. The van der Waals surface area contributed by atoms with Gasteiger partial charge in [0.1, 0.15) is 0 Å². The highest BCUT2D eigenvalue weighted by Gasteiger charge is 2.14. The fraction of sp³-hybridized carbons (Fsp3) is 1.00. The Morgan fingerprint density at radius 3 is 1.62 bits per heavy atom. The summed E-state index contributed by atoms with van der Waals surface area (Å²) in [6, 6.07) is 1.19. The molecule has 0 aliphatic heterocycles. The second-order valence-corrected chi connectivity index (χ2v) is 6.41. The summed E-state index contributed by atoms with van der Waals surface area (Å²) in [7, 11) is 4.38. The van der Waals surface area contributed by atoms with Gasteiger partial charge in [-0.25, -0.2) is 0 Å². The molecule has 16 heavy (non-hydrogen) atoms. The average Bonchev–Trinajstić information content (AvgIpc) is 2.18. The molecule has 98 valence electrons. The highest BCUT2D eigenvalue weighted by atomic mass is 15.1. The van der Waals surface area contributed by atoms with Crippen LogP contribution in [0, 0.1) is 5.41 Å². The Morgan fingerprint density at radius 2 is 1.44 bits per heavy atom. The Labute approximate surface area is 103 Å². The van der Waals surface area contributed by atoms with E-state index in [1.165, 1.54) is 32.1 Å². The van der Waals surface area contributed by atoms with Crippen molar-refractivity contribution in [1.82, 2.24) is 4.90 Å². The maximum Gasteiger partial charge on any atom is 0.00891 e. The summed E-state index contributed by atoms with van der Waals surface area (Å²) < 4.78 is 0. The van der Waals surface area contributed by atoms with E-state index in [0.717, 1.165) is 6.04 Å². The smallest absolute Gasteiger partial charge is 0.00891 e. The second kappa shape index (κ2) is 7.29. The monoisotopic (exact) mass is 228 g/mol. The van der Waals surface area contributed by atoms with Crippen molar-refractivity contribution in [2.75, 3.05) is 14.1 Å². The molecule has 1 rings (SSSR count). The standard InChI is InChI=1S/C8H17N.C6H15N/c1-9(2)8-6-4-3-5-7-8;1-5(7)6(2,3)4/h8H,3-7H2,1-2H3;5H,7H2,1-4H3. The number of nitrogens with zero attached hydrogens (tertiary/aromatic N) is 1. The molecule has 0 heterocycles. The van der Waals surface area contributed by atoms with Crippen molar-refractivity contribution in [2.45, 2.75) is 71.9 Å². The maximum absolute atomic E-state index is 5.57. The molecule has 1 aliphatic carbocycles. The molecule has 2 N–H and O–H groups in total. The molecule has 2 nitrogen and oxygen atoms in total. The van der Waals surface area contributed by atoms with Crippen molar-refractivity contribution in [3.8, 4) is 0 Å². The molecule has 0 aromatic heterocycles. The third kappa shape index (κ3) is 7.24. The predicted molar refractivity (Wildman–Crippen MR) is 73.7 cm³/mol. The van der Waals surface area contributed by atoms with Crippen LogP contribution in [0.2, 0.25) is 0 Å². The van der Waals surface area contributed by atoms with Crippen molar-refractivity contribution in [3.05, 3.63) is 0 Å². The van der Waals surface area contributed by atoms with E-state index in [1.54, 1.807) is 0 Å². The highest BCUT2D eigenvalue weighted by Crippen LogP contribution is 2.20. The molecular formula is C14H32N2. The minimum absolute atomic E-state index is 0.278. The van der Waals surface area contributed by atoms with Crippen LogP contribution in [-0.2, 0) is 0 Å². The van der Waals surface area contributed by atoms with Crippen LogP contribution in [0.25, 0.3) is 0 Å². The summed E-state index contributed by atoms with van der Waals surface area (Å²) >= 11 is 0. The van der Waals surface area contributed by atoms with E-state index in [-0.39, 0.29) is 5.41 Å². The molecule has 0 bridgehead atoms. The lowest BCUT2D eigenvalue weighted by molar-refractivity contribution is 0.229. The molecule has 1 aliphatic rings. The van der Waals surface area contributed by atoms with Crippen molar-refractivity contribution in [3.63, 3.8) is 0 Å². The Morgan fingerprint density at radius 1 is 1.06 bits per heavy atom. The maximum atomic E-state index is 5.57. The van der Waals surface area contributed by atoms with Gasteiger partial charge in [-0.1, -0.05) is 40.0 Å². The zero-order chi connectivity index (χ0) is 12.8. The lowest BCUT2D eigenvalue weighted by atomic mass is 9.89. The minimum Gasteiger partial charge on any atom is -0.327 e. The largest absolute Gasteiger partial charge is 0.327 e. The molecule has 0 aromatic carbocycles. The summed E-state index contributed by atoms with van der Waals surface area (Å²) in [4.78, 5) is 2.36. The molecular weight excluding hydrogens is 196 g/mol. The Hall–Kier alpha value is -0.0800. The van der Waals surface area contributed by atoms with Gasteiger partial charge in [0.15, 0.2) is 0 Å². The van der Waals surface area contributed by atoms with E-state index in [0.29, 0.717) is 6.04 Å². The normalized spacial score (nSPS) is 20.2. The molecule has 0 aromatic rings. The average molecular weight is 228 g/mol. The molecule has 2 heteroatoms. The van der Waals surface area contributed by atoms with Crippen molar-refractivity contribution >= 4 is 0 Å². The van der Waals surface area contributed by atoms with Crippen LogP contribution in [0.15, 0.2) is 0 Å². The number of nitrogens with two attached hydrogens (primary N) is 1. The summed E-state index contributed by atoms with van der Waals surface area (Å²) in [5, 5.41) is 0. The SMILES string of the molecule is CC(N)C(C)(C)C.CN(C)C1CCCCC1. The first kappa shape index (κ1) is 15.9. The zero-order valence-corrected chi connectivity index (χ0v) is 12.2. The summed E-state index contributed by atoms with van der Waals surface area (Å²) in [5.74, 6) is 0. The fourth-order valence-electron chi connectivity index (χ4n) is 1.60. The van der Waals surface area contributed by atoms with Gasteiger partial charge < -0.3 is 10.6 Å². The van der Waals surface area contributed by atoms with Crippen molar-refractivity contribution in [2.24, 2.45) is 11.1 Å². The molecule has 0 saturated heterocycles. The van der Waals surface area contributed by atoms with Crippen molar-refractivity contribution in [1.29, 1.82) is 0 Å². The van der Waals surface area contributed by atoms with E-state index in [1.807, 2.05) is 6.92 Å². The lowest BCUT2D eigenvalue weighted by Crippen LogP contribution is -2.31. The first-order chi connectivity index (χ1) is 7.25. The first-order valence-corrected chi connectivity index (χ1v) is 6.67. The molecule has 0 radical (unpaired) electrons. The molecule has 0 spiro atoms. The first-order valence-electron chi connectivity index (χ1n) is 6.67. The third-order valence-electron chi connectivity index (χ3n) is 3.67. The highest BCUT2D eigenvalue weighted by molar-refractivity contribution is 4.71. The van der Waals surface area contributed by atoms with E-state index < -0.39 is 0 Å². The van der Waals surface area contributed by atoms with Gasteiger partial charge in [0.2, 0.25) is 0 Å². The Kier molecular flexibility index (Phi) is 7.25. The van der Waals surface area contributed by atoms with E-state index in [9.17, 15) is 0 Å². The van der Waals surface area contributed by atoms with Gasteiger partial charge in [0.25, 0.3) is 0 Å². The number of hydrogen-bond acceptors (Lipinski definition) is 2. The van der Waals surface area contributed by atoms with E-state index in [2.05, 4.69) is 39.8 Å². The van der Waals surface area contributed by atoms with Gasteiger partial charge in [-0.2, -0.15) is 0 Å². The Bertz CT molecular complexity index is 162. The van der Waals surface area contributed by atoms with E-state index in [4.69, 9.17) is 5.73 Å². The molecule has 1 atom stereocenters. The lowest BCUT2D eigenvalue weighted by Gasteiger charge is -2.27. The summed E-state index contributed by atoms with van der Waals surface area (Å²) in [6.07, 6.45) is 7.20. The fourth-order valence-corrected chi connectivity index (χ4v) is 1.60. The van der Waals surface area contributed by atoms with Crippen LogP contribution in [-0.4, -0.2) is 31.1 Å². The number of rotatable bonds is 1. The van der Waals surface area contributed by atoms with Gasteiger partial charge in [-0.05, 0) is 39.3 Å². The zero-order valence-electron chi connectivity index (χ0n) is 12.2. The molecule has 1 fully saturated rings.